The van der Waals surface area contributed by atoms with Crippen LogP contribution in [0.15, 0.2) is 23.3 Å². The molecule has 0 bridgehead atoms. The maximum absolute atomic E-state index is 14.2. The molecule has 1 spiro atoms. The quantitative estimate of drug-likeness (QED) is 0.176. The van der Waals surface area contributed by atoms with Gasteiger partial charge in [-0.3, -0.25) is 19.2 Å². The molecular weight excluding hydrogens is 604 g/mol. The lowest BCUT2D eigenvalue weighted by atomic mass is 9.44. The summed E-state index contributed by atoms with van der Waals surface area (Å²) in [6.45, 7) is 11.6. The third kappa shape index (κ3) is 5.19. The number of fused-ring (bicyclic) bond motifs is 4. The second-order valence-electron chi connectivity index (χ2n) is 15.0. The zero-order valence-electron chi connectivity index (χ0n) is 28.6. The molecule has 258 valence electrons. The van der Waals surface area contributed by atoms with Crippen molar-refractivity contribution in [3.05, 3.63) is 23.3 Å². The molecule has 0 amide bonds. The van der Waals surface area contributed by atoms with Crippen molar-refractivity contribution in [2.45, 2.75) is 123 Å². The van der Waals surface area contributed by atoms with Crippen molar-refractivity contribution in [1.29, 1.82) is 0 Å². The molecule has 3 saturated carbocycles. The Hall–Kier alpha value is -3.01. The number of ketones is 1. The monoisotopic (exact) mass is 654 g/mol. The van der Waals surface area contributed by atoms with E-state index in [1.807, 2.05) is 6.92 Å². The van der Waals surface area contributed by atoms with E-state index >= 15 is 0 Å². The van der Waals surface area contributed by atoms with Crippen LogP contribution >= 0.6 is 0 Å². The molecule has 2 heterocycles. The topological polar surface area (TPSA) is 135 Å². The van der Waals surface area contributed by atoms with Gasteiger partial charge in [0.15, 0.2) is 17.5 Å². The molecule has 1 saturated heterocycles. The standard InChI is InChI=1S/C37H50O10/c1-7-31(39)43-18-23-20(4)16-27(45-34(23)42)21(5)24-10-11-25-22-17-30-37(47-30)29(46-33(41)9-3)13-12-28(38)36(37,19-44-32(40)8-2)26(22)14-15-35(24,25)6/h12-13,21-22,24-27,29-30H,7-11,14-19H2,1-6H3/t21-,22-,24+,25-,26-,27+,29-,30+,35+,36-,37+/m0/s1. The fourth-order valence-electron chi connectivity index (χ4n) is 10.6. The average molecular weight is 655 g/mol. The molecule has 0 aromatic heterocycles. The molecule has 10 heteroatoms. The first-order valence-corrected chi connectivity index (χ1v) is 17.7. The first kappa shape index (κ1) is 33.9. The number of carbonyl (C=O) groups is 5. The highest BCUT2D eigenvalue weighted by molar-refractivity contribution is 5.99. The number of ether oxygens (including phenoxy) is 5. The van der Waals surface area contributed by atoms with Crippen molar-refractivity contribution in [3.63, 3.8) is 0 Å². The highest BCUT2D eigenvalue weighted by Gasteiger charge is 2.83. The van der Waals surface area contributed by atoms with Gasteiger partial charge in [-0.1, -0.05) is 40.2 Å². The predicted octanol–water partition coefficient (Wildman–Crippen LogP) is 5.21. The number of cyclic esters (lactones) is 1. The van der Waals surface area contributed by atoms with E-state index in [4.69, 9.17) is 23.7 Å². The van der Waals surface area contributed by atoms with E-state index in [1.54, 1.807) is 26.8 Å². The number of hydrogen-bond acceptors (Lipinski definition) is 10. The van der Waals surface area contributed by atoms with Crippen LogP contribution in [0.2, 0.25) is 0 Å². The van der Waals surface area contributed by atoms with Crippen LogP contribution in [0.25, 0.3) is 0 Å². The second kappa shape index (κ2) is 12.5. The van der Waals surface area contributed by atoms with Gasteiger partial charge in [-0.05, 0) is 86.2 Å². The zero-order valence-corrected chi connectivity index (χ0v) is 28.6. The Morgan fingerprint density at radius 3 is 2.36 bits per heavy atom. The molecular formula is C37H50O10. The number of rotatable bonds is 10. The van der Waals surface area contributed by atoms with Gasteiger partial charge in [0.25, 0.3) is 0 Å². The number of esters is 4. The Balaban J connectivity index is 1.26. The largest absolute Gasteiger partial charge is 0.464 e. The Morgan fingerprint density at radius 1 is 0.979 bits per heavy atom. The average Bonchev–Trinajstić information content (AvgIpc) is 3.68. The third-order valence-corrected chi connectivity index (χ3v) is 13.1. The van der Waals surface area contributed by atoms with Crippen molar-refractivity contribution < 1.29 is 47.7 Å². The summed E-state index contributed by atoms with van der Waals surface area (Å²) in [6.07, 6.45) is 7.57. The normalized spacial score (nSPS) is 40.7. The maximum atomic E-state index is 14.2. The minimum atomic E-state index is -1.12. The molecule has 4 aliphatic carbocycles. The van der Waals surface area contributed by atoms with Crippen molar-refractivity contribution in [1.82, 2.24) is 0 Å². The molecule has 6 rings (SSSR count). The highest BCUT2D eigenvalue weighted by atomic mass is 16.7. The second-order valence-corrected chi connectivity index (χ2v) is 15.0. The summed E-state index contributed by atoms with van der Waals surface area (Å²) in [7, 11) is 0. The van der Waals surface area contributed by atoms with Gasteiger partial charge in [0, 0.05) is 25.7 Å². The molecule has 47 heavy (non-hydrogen) atoms. The SMILES string of the molecule is CCC(=O)OCC1=C(C)C[C@H]([C@@H](C)[C@H]2CC[C@H]3[C@@H]4C[C@H]5O[C@]56[C@@H](OC(=O)CC)C=CC(=O)[C@]6(COC(=O)CC)[C@H]4CC[C@]23C)OC1=O. The Bertz CT molecular complexity index is 1400. The van der Waals surface area contributed by atoms with Crippen LogP contribution in [0.1, 0.15) is 99.3 Å². The lowest BCUT2D eigenvalue weighted by Crippen LogP contribution is -2.67. The predicted molar refractivity (Wildman–Crippen MR) is 168 cm³/mol. The van der Waals surface area contributed by atoms with Gasteiger partial charge in [-0.25, -0.2) is 4.79 Å². The van der Waals surface area contributed by atoms with Crippen molar-refractivity contribution in [2.24, 2.45) is 40.4 Å². The van der Waals surface area contributed by atoms with Gasteiger partial charge >= 0.3 is 23.9 Å². The van der Waals surface area contributed by atoms with Crippen LogP contribution < -0.4 is 0 Å². The van der Waals surface area contributed by atoms with Gasteiger partial charge in [0.05, 0.1) is 11.7 Å². The first-order valence-electron chi connectivity index (χ1n) is 17.7. The van der Waals surface area contributed by atoms with Gasteiger partial charge in [0.2, 0.25) is 0 Å². The molecule has 10 nitrogen and oxygen atoms in total. The van der Waals surface area contributed by atoms with E-state index in [-0.39, 0.29) is 91.5 Å². The number of epoxide rings is 1. The molecule has 0 radical (unpaired) electrons. The maximum Gasteiger partial charge on any atom is 0.337 e. The van der Waals surface area contributed by atoms with Gasteiger partial charge in [0.1, 0.15) is 24.7 Å². The summed E-state index contributed by atoms with van der Waals surface area (Å²) >= 11 is 0. The number of hydrogen-bond donors (Lipinski definition) is 0. The number of allylic oxidation sites excluding steroid dienone is 1. The summed E-state index contributed by atoms with van der Waals surface area (Å²) < 4.78 is 29.6. The van der Waals surface area contributed by atoms with E-state index in [0.29, 0.717) is 23.8 Å². The van der Waals surface area contributed by atoms with E-state index in [0.717, 1.165) is 37.7 Å². The van der Waals surface area contributed by atoms with Crippen molar-refractivity contribution >= 4 is 29.7 Å². The minimum Gasteiger partial charge on any atom is -0.464 e. The van der Waals surface area contributed by atoms with Crippen LogP contribution in [0.3, 0.4) is 0 Å². The molecule has 0 unspecified atom stereocenters. The molecule has 11 atom stereocenters. The third-order valence-electron chi connectivity index (χ3n) is 13.1. The van der Waals surface area contributed by atoms with E-state index in [9.17, 15) is 24.0 Å². The van der Waals surface area contributed by atoms with Gasteiger partial charge < -0.3 is 23.7 Å². The van der Waals surface area contributed by atoms with Crippen LogP contribution in [0, 0.1) is 40.4 Å². The van der Waals surface area contributed by atoms with E-state index in [1.165, 1.54) is 6.08 Å². The summed E-state index contributed by atoms with van der Waals surface area (Å²) in [4.78, 5) is 64.0. The molecule has 0 aromatic carbocycles. The minimum absolute atomic E-state index is 0.0423. The lowest BCUT2D eigenvalue weighted by Gasteiger charge is -2.59. The number of carbonyl (C=O) groups excluding carboxylic acids is 5. The van der Waals surface area contributed by atoms with E-state index < -0.39 is 23.1 Å². The zero-order chi connectivity index (χ0) is 33.9. The Kier molecular flexibility index (Phi) is 8.98. The van der Waals surface area contributed by atoms with Crippen molar-refractivity contribution in [2.75, 3.05) is 13.2 Å². The van der Waals surface area contributed by atoms with Crippen LogP contribution in [-0.4, -0.2) is 66.8 Å². The first-order chi connectivity index (χ1) is 22.4. The van der Waals surface area contributed by atoms with Crippen LogP contribution in [0.5, 0.6) is 0 Å². The fraction of sp³-hybridized carbons (Fsp3) is 0.757. The summed E-state index contributed by atoms with van der Waals surface area (Å²) in [6, 6.07) is 0. The van der Waals surface area contributed by atoms with Crippen LogP contribution in [0.4, 0.5) is 0 Å². The summed E-state index contributed by atoms with van der Waals surface area (Å²) in [5.74, 6) is -0.786. The van der Waals surface area contributed by atoms with Crippen LogP contribution in [-0.2, 0) is 47.7 Å². The molecule has 0 aromatic rings. The smallest absolute Gasteiger partial charge is 0.337 e. The summed E-state index contributed by atoms with van der Waals surface area (Å²) in [5.41, 5.74) is -0.849. The Labute approximate surface area is 277 Å². The lowest BCUT2D eigenvalue weighted by molar-refractivity contribution is -0.182. The summed E-state index contributed by atoms with van der Waals surface area (Å²) in [5, 5.41) is 0. The Morgan fingerprint density at radius 2 is 1.68 bits per heavy atom. The molecule has 0 N–H and O–H groups in total. The van der Waals surface area contributed by atoms with Gasteiger partial charge in [-0.15, -0.1) is 0 Å². The van der Waals surface area contributed by atoms with Gasteiger partial charge in [-0.2, -0.15) is 0 Å². The fourth-order valence-corrected chi connectivity index (χ4v) is 10.6. The molecule has 4 fully saturated rings. The van der Waals surface area contributed by atoms with E-state index in [2.05, 4.69) is 13.8 Å². The van der Waals surface area contributed by atoms with Crippen molar-refractivity contribution in [3.8, 4) is 0 Å². The molecule has 2 aliphatic heterocycles. The highest BCUT2D eigenvalue weighted by Crippen LogP contribution is 2.73. The molecule has 6 aliphatic rings.